The minimum atomic E-state index is -3.63. The van der Waals surface area contributed by atoms with Crippen LogP contribution in [0.15, 0.2) is 11.1 Å². The summed E-state index contributed by atoms with van der Waals surface area (Å²) in [5, 5.41) is 0. The Morgan fingerprint density at radius 3 is 2.53 bits per heavy atom. The average Bonchev–Trinajstić information content (AvgIpc) is 3.12. The van der Waals surface area contributed by atoms with Crippen LogP contribution in [0.2, 0.25) is 0 Å². The molecule has 2 aromatic heterocycles. The van der Waals surface area contributed by atoms with E-state index in [1.54, 1.807) is 25.3 Å². The van der Waals surface area contributed by atoms with Gasteiger partial charge in [0.15, 0.2) is 17.4 Å². The molecular weight excluding hydrogens is 457 g/mol. The highest BCUT2D eigenvalue weighted by atomic mass is 32.5. The molecule has 0 bridgehead atoms. The third-order valence-electron chi connectivity index (χ3n) is 4.74. The first kappa shape index (κ1) is 25.2. The normalized spacial score (nSPS) is 26.5. The lowest BCUT2D eigenvalue weighted by Gasteiger charge is -2.32. The number of imidazole rings is 1. The van der Waals surface area contributed by atoms with Crippen LogP contribution < -0.4 is 11.3 Å². The standard InChI is InChI=1S/C19H32N5O6PS/c1-18(2,3)8-10-12(29-31(26,32)30-19(4,5)6)13(27-7)16(28-10)24-9-21-11-14(24)22-17(20)23-15(11)25/h9-10,12-13,16H,8H2,1-7H3,(H,26,32)(H3,20,22,23,25)/t10-,12+,13?,16-,31?/m1/s1. The molecule has 3 rings (SSSR count). The monoisotopic (exact) mass is 489 g/mol. The predicted molar refractivity (Wildman–Crippen MR) is 124 cm³/mol. The van der Waals surface area contributed by atoms with Gasteiger partial charge in [-0.3, -0.25) is 18.9 Å². The minimum Gasteiger partial charge on any atom is -0.374 e. The van der Waals surface area contributed by atoms with Crippen molar-refractivity contribution >= 4 is 35.6 Å². The van der Waals surface area contributed by atoms with Gasteiger partial charge in [0.25, 0.3) is 5.56 Å². The van der Waals surface area contributed by atoms with Crippen molar-refractivity contribution < 1.29 is 23.4 Å². The molecule has 1 aliphatic heterocycles. The fourth-order valence-electron chi connectivity index (χ4n) is 3.73. The van der Waals surface area contributed by atoms with Gasteiger partial charge in [-0.15, -0.1) is 0 Å². The van der Waals surface area contributed by atoms with E-state index < -0.39 is 42.4 Å². The van der Waals surface area contributed by atoms with Gasteiger partial charge in [-0.2, -0.15) is 4.98 Å². The molecule has 4 N–H and O–H groups in total. The first-order chi connectivity index (χ1) is 14.6. The van der Waals surface area contributed by atoms with Crippen molar-refractivity contribution in [3.8, 4) is 0 Å². The highest BCUT2D eigenvalue weighted by molar-refractivity contribution is 8.07. The largest absolute Gasteiger partial charge is 0.374 e. The summed E-state index contributed by atoms with van der Waals surface area (Å²) in [4.78, 5) is 33.8. The Hall–Kier alpha value is -1.40. The molecule has 5 atom stereocenters. The summed E-state index contributed by atoms with van der Waals surface area (Å²) in [6, 6.07) is 0. The number of anilines is 1. The zero-order valence-electron chi connectivity index (χ0n) is 19.4. The number of H-pyrrole nitrogens is 1. The molecule has 0 amide bonds. The number of aromatic amines is 1. The number of aromatic nitrogens is 4. The van der Waals surface area contributed by atoms with Gasteiger partial charge in [0.1, 0.15) is 12.2 Å². The lowest BCUT2D eigenvalue weighted by atomic mass is 9.87. The number of nitrogens with two attached hydrogens (primary N) is 1. The Labute approximate surface area is 191 Å². The quantitative estimate of drug-likeness (QED) is 0.517. The molecule has 1 saturated heterocycles. The number of nitrogens with zero attached hydrogens (tertiary/aromatic N) is 3. The molecule has 13 heteroatoms. The summed E-state index contributed by atoms with van der Waals surface area (Å²) >= 11 is 5.29. The van der Waals surface area contributed by atoms with E-state index in [-0.39, 0.29) is 22.5 Å². The minimum absolute atomic E-state index is 0.0420. The number of ether oxygens (including phenoxy) is 2. The zero-order valence-corrected chi connectivity index (χ0v) is 21.1. The van der Waals surface area contributed by atoms with E-state index in [0.717, 1.165) is 0 Å². The Balaban J connectivity index is 2.02. The first-order valence-corrected chi connectivity index (χ1v) is 12.8. The highest BCUT2D eigenvalue weighted by Gasteiger charge is 2.50. The molecule has 0 spiro atoms. The molecule has 32 heavy (non-hydrogen) atoms. The van der Waals surface area contributed by atoms with E-state index >= 15 is 0 Å². The fourth-order valence-corrected chi connectivity index (χ4v) is 6.00. The van der Waals surface area contributed by atoms with Crippen LogP contribution >= 0.6 is 6.72 Å². The smallest absolute Gasteiger partial charge is 0.325 e. The van der Waals surface area contributed by atoms with Gasteiger partial charge in [-0.05, 0) is 44.4 Å². The molecule has 0 aromatic carbocycles. The van der Waals surface area contributed by atoms with Gasteiger partial charge in [0.2, 0.25) is 5.95 Å². The molecule has 0 aliphatic carbocycles. The van der Waals surface area contributed by atoms with Crippen LogP contribution in [0.25, 0.3) is 11.2 Å². The van der Waals surface area contributed by atoms with Crippen molar-refractivity contribution in [2.45, 2.75) is 78.1 Å². The maximum Gasteiger partial charge on any atom is 0.325 e. The molecule has 0 radical (unpaired) electrons. The second-order valence-corrected chi connectivity index (χ2v) is 12.8. The van der Waals surface area contributed by atoms with Crippen molar-refractivity contribution in [3.05, 3.63) is 16.7 Å². The van der Waals surface area contributed by atoms with Crippen LogP contribution in [0.4, 0.5) is 5.95 Å². The van der Waals surface area contributed by atoms with Gasteiger partial charge >= 0.3 is 6.72 Å². The van der Waals surface area contributed by atoms with Crippen LogP contribution in [0.1, 0.15) is 54.2 Å². The summed E-state index contributed by atoms with van der Waals surface area (Å²) in [6.07, 6.45) is -0.637. The lowest BCUT2D eigenvalue weighted by Crippen LogP contribution is -2.37. The van der Waals surface area contributed by atoms with Gasteiger partial charge in [0, 0.05) is 7.11 Å². The van der Waals surface area contributed by atoms with E-state index in [1.807, 2.05) is 0 Å². The third-order valence-corrected chi connectivity index (χ3v) is 6.51. The summed E-state index contributed by atoms with van der Waals surface area (Å²) in [6.45, 7) is 7.93. The van der Waals surface area contributed by atoms with E-state index in [2.05, 4.69) is 35.7 Å². The highest BCUT2D eigenvalue weighted by Crippen LogP contribution is 2.52. The van der Waals surface area contributed by atoms with Crippen molar-refractivity contribution in [2.24, 2.45) is 5.41 Å². The maximum absolute atomic E-state index is 12.2. The second kappa shape index (κ2) is 8.75. The van der Waals surface area contributed by atoms with Crippen molar-refractivity contribution in [1.29, 1.82) is 0 Å². The topological polar surface area (TPSA) is 147 Å². The number of nitrogens with one attached hydrogen (secondary N) is 1. The fraction of sp³-hybridized carbons (Fsp3) is 0.737. The molecule has 1 aliphatic rings. The lowest BCUT2D eigenvalue weighted by molar-refractivity contribution is -0.0549. The summed E-state index contributed by atoms with van der Waals surface area (Å²) in [5.41, 5.74) is 4.83. The number of methoxy groups -OCH3 is 1. The number of hydrogen-bond acceptors (Lipinski definition) is 9. The summed E-state index contributed by atoms with van der Waals surface area (Å²) < 4.78 is 25.3. The van der Waals surface area contributed by atoms with Crippen LogP contribution in [-0.4, -0.2) is 55.4 Å². The van der Waals surface area contributed by atoms with Crippen molar-refractivity contribution in [2.75, 3.05) is 12.8 Å². The van der Waals surface area contributed by atoms with Gasteiger partial charge in [-0.1, -0.05) is 20.8 Å². The molecule has 11 nitrogen and oxygen atoms in total. The molecule has 2 unspecified atom stereocenters. The molecule has 1 fully saturated rings. The third kappa shape index (κ3) is 5.74. The van der Waals surface area contributed by atoms with Gasteiger partial charge in [0.05, 0.1) is 18.0 Å². The zero-order chi connectivity index (χ0) is 24.1. The van der Waals surface area contributed by atoms with Crippen LogP contribution in [-0.2, 0) is 30.3 Å². The van der Waals surface area contributed by atoms with E-state index in [4.69, 9.17) is 36.1 Å². The van der Waals surface area contributed by atoms with E-state index in [9.17, 15) is 9.69 Å². The van der Waals surface area contributed by atoms with Crippen molar-refractivity contribution in [1.82, 2.24) is 19.5 Å². The van der Waals surface area contributed by atoms with Crippen molar-refractivity contribution in [3.63, 3.8) is 0 Å². The van der Waals surface area contributed by atoms with Gasteiger partial charge in [-0.25, -0.2) is 4.98 Å². The van der Waals surface area contributed by atoms with Crippen LogP contribution in [0, 0.1) is 5.41 Å². The Bertz CT molecular complexity index is 1070. The molecular formula is C19H32N5O6PS. The van der Waals surface area contributed by atoms with Crippen LogP contribution in [0.3, 0.4) is 0 Å². The maximum atomic E-state index is 12.2. The molecule has 2 aromatic rings. The number of rotatable bonds is 6. The summed E-state index contributed by atoms with van der Waals surface area (Å²) in [7, 11) is 1.51. The SMILES string of the molecule is COC1[C@@H](OP(O)(=S)OC(C)(C)C)[C@@H](CC(C)(C)C)O[C@H]1n1cnc2c(=O)[nH]c(N)nc21. The summed E-state index contributed by atoms with van der Waals surface area (Å²) in [5.74, 6) is -0.0420. The Kier molecular flexibility index (Phi) is 6.90. The molecule has 180 valence electrons. The van der Waals surface area contributed by atoms with Crippen LogP contribution in [0.5, 0.6) is 0 Å². The number of nitrogen functional groups attached to an aromatic ring is 1. The Morgan fingerprint density at radius 1 is 1.31 bits per heavy atom. The Morgan fingerprint density at radius 2 is 1.97 bits per heavy atom. The number of fused-ring (bicyclic) bond motifs is 1. The van der Waals surface area contributed by atoms with Gasteiger partial charge < -0.3 is 24.6 Å². The van der Waals surface area contributed by atoms with E-state index in [0.29, 0.717) is 6.42 Å². The second-order valence-electron chi connectivity index (χ2n) is 10.0. The van der Waals surface area contributed by atoms with E-state index in [1.165, 1.54) is 13.4 Å². The molecule has 0 saturated carbocycles. The predicted octanol–water partition coefficient (Wildman–Crippen LogP) is 2.47. The average molecular weight is 490 g/mol. The number of hydrogen-bond donors (Lipinski definition) is 3. The first-order valence-electron chi connectivity index (χ1n) is 10.2. The molecule has 3 heterocycles.